The lowest BCUT2D eigenvalue weighted by molar-refractivity contribution is -0.140. The Balaban J connectivity index is 2.64. The van der Waals surface area contributed by atoms with E-state index >= 15 is 0 Å². The van der Waals surface area contributed by atoms with Crippen LogP contribution >= 0.6 is 27.5 Å². The fraction of sp³-hybridized carbons (Fsp3) is 0.300. The topological polar surface area (TPSA) is 35.5 Å². The summed E-state index contributed by atoms with van der Waals surface area (Å²) in [5.74, 6) is -1.14. The second-order valence-corrected chi connectivity index (χ2v) is 4.37. The molecule has 3 nitrogen and oxygen atoms in total. The van der Waals surface area contributed by atoms with Crippen molar-refractivity contribution >= 4 is 33.5 Å². The van der Waals surface area contributed by atoms with Crippen LogP contribution in [0.25, 0.3) is 0 Å². The molecule has 1 rings (SSSR count). The fourth-order valence-electron chi connectivity index (χ4n) is 0.973. The highest BCUT2D eigenvalue weighted by atomic mass is 79.9. The molecule has 16 heavy (non-hydrogen) atoms. The number of hydrogen-bond acceptors (Lipinski definition) is 3. The van der Waals surface area contributed by atoms with Gasteiger partial charge < -0.3 is 9.47 Å². The number of para-hydroxylation sites is 1. The van der Waals surface area contributed by atoms with Crippen LogP contribution in [0.5, 0.6) is 5.75 Å². The quantitative estimate of drug-likeness (QED) is 0.633. The Morgan fingerprint density at radius 3 is 2.88 bits per heavy atom. The molecule has 1 unspecified atom stereocenters. The van der Waals surface area contributed by atoms with E-state index in [0.717, 1.165) is 0 Å². The summed E-state index contributed by atoms with van der Waals surface area (Å²) in [5.41, 5.74) is 0. The lowest BCUT2D eigenvalue weighted by atomic mass is 10.3. The number of hydrogen-bond donors (Lipinski definition) is 0. The van der Waals surface area contributed by atoms with Gasteiger partial charge in [0.2, 0.25) is 0 Å². The van der Waals surface area contributed by atoms with Gasteiger partial charge in [-0.25, -0.2) is 4.39 Å². The van der Waals surface area contributed by atoms with Crippen molar-refractivity contribution in [2.45, 2.75) is 4.83 Å². The van der Waals surface area contributed by atoms with Crippen LogP contribution in [0.15, 0.2) is 18.2 Å². The van der Waals surface area contributed by atoms with E-state index in [4.69, 9.17) is 16.3 Å². The minimum absolute atomic E-state index is 0.0622. The number of carbonyl (C=O) groups is 1. The minimum atomic E-state index is -0.659. The van der Waals surface area contributed by atoms with Gasteiger partial charge in [-0.2, -0.15) is 0 Å². The number of rotatable bonds is 4. The van der Waals surface area contributed by atoms with Crippen molar-refractivity contribution in [3.63, 3.8) is 0 Å². The van der Waals surface area contributed by atoms with Crippen molar-refractivity contribution in [3.05, 3.63) is 29.0 Å². The predicted octanol–water partition coefficient (Wildman–Crippen LogP) is 2.79. The summed E-state index contributed by atoms with van der Waals surface area (Å²) in [6.07, 6.45) is 0. The summed E-state index contributed by atoms with van der Waals surface area (Å²) in [4.78, 5) is 10.4. The van der Waals surface area contributed by atoms with Gasteiger partial charge in [-0.3, -0.25) is 4.79 Å². The van der Waals surface area contributed by atoms with Crippen molar-refractivity contribution in [3.8, 4) is 5.75 Å². The van der Waals surface area contributed by atoms with Gasteiger partial charge in [0, 0.05) is 0 Å². The summed E-state index contributed by atoms with van der Waals surface area (Å²) in [6.45, 7) is -0.0622. The smallest absolute Gasteiger partial charge is 0.322 e. The molecule has 0 fully saturated rings. The van der Waals surface area contributed by atoms with E-state index in [1.54, 1.807) is 0 Å². The molecule has 0 saturated carbocycles. The molecule has 0 spiro atoms. The lowest BCUT2D eigenvalue weighted by Gasteiger charge is -2.11. The Morgan fingerprint density at radius 2 is 2.31 bits per heavy atom. The standard InChI is InChI=1S/C10H9BrClFO3/c1-15-10(14)6(11)5-16-9-7(12)3-2-4-8(9)13/h2-4,6H,5H2,1H3. The van der Waals surface area contributed by atoms with Crippen LogP contribution in [0.1, 0.15) is 0 Å². The van der Waals surface area contributed by atoms with Crippen molar-refractivity contribution in [2.75, 3.05) is 13.7 Å². The molecule has 88 valence electrons. The zero-order chi connectivity index (χ0) is 12.1. The van der Waals surface area contributed by atoms with Gasteiger partial charge in [-0.05, 0) is 12.1 Å². The van der Waals surface area contributed by atoms with Gasteiger partial charge in [0.05, 0.1) is 12.1 Å². The Hall–Kier alpha value is -0.810. The maximum absolute atomic E-state index is 13.2. The molecule has 0 amide bonds. The molecule has 0 radical (unpaired) electrons. The molecule has 0 aromatic heterocycles. The van der Waals surface area contributed by atoms with E-state index < -0.39 is 16.6 Å². The second-order valence-electron chi connectivity index (χ2n) is 2.85. The third kappa shape index (κ3) is 3.35. The van der Waals surface area contributed by atoms with E-state index in [9.17, 15) is 9.18 Å². The van der Waals surface area contributed by atoms with Gasteiger partial charge >= 0.3 is 5.97 Å². The number of benzene rings is 1. The van der Waals surface area contributed by atoms with Crippen LogP contribution in [0.3, 0.4) is 0 Å². The zero-order valence-electron chi connectivity index (χ0n) is 8.38. The average molecular weight is 312 g/mol. The summed E-state index contributed by atoms with van der Waals surface area (Å²) in [7, 11) is 1.26. The Labute approximate surface area is 106 Å². The van der Waals surface area contributed by atoms with Crippen LogP contribution in [0, 0.1) is 5.82 Å². The first-order chi connectivity index (χ1) is 7.56. The number of esters is 1. The highest BCUT2D eigenvalue weighted by molar-refractivity contribution is 9.10. The van der Waals surface area contributed by atoms with E-state index in [-0.39, 0.29) is 17.4 Å². The molecule has 0 aliphatic rings. The molecule has 0 heterocycles. The SMILES string of the molecule is COC(=O)C(Br)COc1c(F)cccc1Cl. The van der Waals surface area contributed by atoms with Crippen LogP contribution in [0.2, 0.25) is 5.02 Å². The minimum Gasteiger partial charge on any atom is -0.487 e. The van der Waals surface area contributed by atoms with Crippen molar-refractivity contribution < 1.29 is 18.7 Å². The van der Waals surface area contributed by atoms with Gasteiger partial charge in [-0.15, -0.1) is 0 Å². The normalized spacial score (nSPS) is 12.0. The van der Waals surface area contributed by atoms with E-state index in [1.807, 2.05) is 0 Å². The van der Waals surface area contributed by atoms with Crippen LogP contribution in [0.4, 0.5) is 4.39 Å². The average Bonchev–Trinajstić information content (AvgIpc) is 2.27. The largest absolute Gasteiger partial charge is 0.487 e. The predicted molar refractivity (Wildman–Crippen MR) is 61.6 cm³/mol. The van der Waals surface area contributed by atoms with Gasteiger partial charge in [0.25, 0.3) is 0 Å². The molecule has 1 aromatic carbocycles. The summed E-state index contributed by atoms with van der Waals surface area (Å²) in [5, 5.41) is 0.157. The van der Waals surface area contributed by atoms with E-state index in [2.05, 4.69) is 20.7 Å². The van der Waals surface area contributed by atoms with E-state index in [1.165, 1.54) is 25.3 Å². The van der Waals surface area contributed by atoms with Crippen molar-refractivity contribution in [1.29, 1.82) is 0 Å². The number of alkyl halides is 1. The molecule has 0 aliphatic heterocycles. The van der Waals surface area contributed by atoms with Crippen LogP contribution < -0.4 is 4.74 Å². The van der Waals surface area contributed by atoms with Crippen molar-refractivity contribution in [2.24, 2.45) is 0 Å². The number of ether oxygens (including phenoxy) is 2. The Kier molecular flexibility index (Phi) is 5.02. The maximum Gasteiger partial charge on any atom is 0.322 e. The van der Waals surface area contributed by atoms with Crippen LogP contribution in [-0.4, -0.2) is 24.5 Å². The monoisotopic (exact) mass is 310 g/mol. The Bertz CT molecular complexity index is 366. The van der Waals surface area contributed by atoms with Gasteiger partial charge in [-0.1, -0.05) is 33.6 Å². The third-order valence-electron chi connectivity index (χ3n) is 1.75. The van der Waals surface area contributed by atoms with Gasteiger partial charge in [0.1, 0.15) is 11.4 Å². The summed E-state index contributed by atoms with van der Waals surface area (Å²) >= 11 is 8.77. The molecule has 0 N–H and O–H groups in total. The number of carbonyl (C=O) groups excluding carboxylic acids is 1. The maximum atomic E-state index is 13.2. The highest BCUT2D eigenvalue weighted by Crippen LogP contribution is 2.27. The van der Waals surface area contributed by atoms with E-state index in [0.29, 0.717) is 0 Å². The molecule has 1 atom stereocenters. The summed E-state index contributed by atoms with van der Waals surface area (Å²) < 4.78 is 22.8. The first-order valence-corrected chi connectivity index (χ1v) is 5.64. The molecular formula is C10H9BrClFO3. The first kappa shape index (κ1) is 13.3. The molecule has 6 heteroatoms. The molecular weight excluding hydrogens is 302 g/mol. The third-order valence-corrected chi connectivity index (χ3v) is 2.69. The van der Waals surface area contributed by atoms with Gasteiger partial charge in [0.15, 0.2) is 11.6 Å². The lowest BCUT2D eigenvalue weighted by Crippen LogP contribution is -2.23. The van der Waals surface area contributed by atoms with Crippen LogP contribution in [-0.2, 0) is 9.53 Å². The highest BCUT2D eigenvalue weighted by Gasteiger charge is 2.17. The first-order valence-electron chi connectivity index (χ1n) is 4.35. The van der Waals surface area contributed by atoms with Crippen molar-refractivity contribution in [1.82, 2.24) is 0 Å². The fourth-order valence-corrected chi connectivity index (χ4v) is 1.51. The second kappa shape index (κ2) is 6.06. The molecule has 0 aliphatic carbocycles. The Morgan fingerprint density at radius 1 is 1.62 bits per heavy atom. The molecule has 0 bridgehead atoms. The molecule has 1 aromatic rings. The number of methoxy groups -OCH3 is 1. The number of halogens is 3. The molecule has 0 saturated heterocycles. The zero-order valence-corrected chi connectivity index (χ0v) is 10.7. The summed E-state index contributed by atoms with van der Waals surface area (Å²) in [6, 6.07) is 4.19.